The average molecular weight is 278 g/mol. The maximum Gasteiger partial charge on any atom is 0.250 e. The van der Waals surface area contributed by atoms with Gasteiger partial charge in [0.25, 0.3) is 0 Å². The van der Waals surface area contributed by atoms with Crippen molar-refractivity contribution < 1.29 is 4.79 Å². The zero-order valence-corrected chi connectivity index (χ0v) is 11.2. The third-order valence-electron chi connectivity index (χ3n) is 3.24. The van der Waals surface area contributed by atoms with E-state index in [1.54, 1.807) is 18.3 Å². The number of primary amides is 1. The van der Waals surface area contributed by atoms with Crippen LogP contribution >= 0.6 is 0 Å². The van der Waals surface area contributed by atoms with Gasteiger partial charge < -0.3 is 16.0 Å². The number of pyridine rings is 1. The Labute approximate surface area is 121 Å². The predicted molar refractivity (Wildman–Crippen MR) is 81.9 cm³/mol. The summed E-state index contributed by atoms with van der Waals surface area (Å²) >= 11 is 0. The Morgan fingerprint density at radius 1 is 1.05 bits per heavy atom. The maximum absolute atomic E-state index is 11.0. The monoisotopic (exact) mass is 278 g/mol. The quantitative estimate of drug-likeness (QED) is 0.770. The lowest BCUT2D eigenvalue weighted by Gasteiger charge is -2.02. The normalized spacial score (nSPS) is 10.5. The third kappa shape index (κ3) is 2.49. The van der Waals surface area contributed by atoms with Crippen LogP contribution in [0.15, 0.2) is 61.1 Å². The highest BCUT2D eigenvalue weighted by atomic mass is 16.1. The lowest BCUT2D eigenvalue weighted by molar-refractivity contribution is 0.1000. The van der Waals surface area contributed by atoms with E-state index >= 15 is 0 Å². The number of nitrogens with zero attached hydrogens (tertiary/aromatic N) is 2. The highest BCUT2D eigenvalue weighted by Gasteiger charge is 2.08. The Morgan fingerprint density at radius 3 is 2.43 bits per heavy atom. The molecule has 2 heterocycles. The second-order valence-corrected chi connectivity index (χ2v) is 4.67. The van der Waals surface area contributed by atoms with Crippen LogP contribution in [0, 0.1) is 0 Å². The van der Waals surface area contributed by atoms with E-state index in [0.717, 1.165) is 11.1 Å². The molecule has 4 N–H and O–H groups in total. The molecule has 2 aromatic heterocycles. The molecule has 0 saturated carbocycles. The minimum atomic E-state index is -0.494. The smallest absolute Gasteiger partial charge is 0.250 e. The molecule has 0 spiro atoms. The van der Waals surface area contributed by atoms with Gasteiger partial charge in [-0.3, -0.25) is 4.79 Å². The summed E-state index contributed by atoms with van der Waals surface area (Å²) in [5.41, 5.74) is 14.3. The van der Waals surface area contributed by atoms with Crippen LogP contribution in [0.25, 0.3) is 16.9 Å². The van der Waals surface area contributed by atoms with Crippen molar-refractivity contribution in [3.63, 3.8) is 0 Å². The lowest BCUT2D eigenvalue weighted by atomic mass is 10.1. The van der Waals surface area contributed by atoms with Gasteiger partial charge in [-0.15, -0.1) is 0 Å². The first-order valence-electron chi connectivity index (χ1n) is 6.44. The Balaban J connectivity index is 1.99. The molecule has 0 bridgehead atoms. The van der Waals surface area contributed by atoms with Crippen molar-refractivity contribution in [3.8, 4) is 16.9 Å². The topological polar surface area (TPSA) is 86.9 Å². The SMILES string of the molecule is NC(=O)c1ccc(-n2cc(N)c(-c3ccccc3)c2)nc1. The summed E-state index contributed by atoms with van der Waals surface area (Å²) in [5, 5.41) is 0. The summed E-state index contributed by atoms with van der Waals surface area (Å²) in [4.78, 5) is 15.3. The number of amides is 1. The highest BCUT2D eigenvalue weighted by Crippen LogP contribution is 2.27. The van der Waals surface area contributed by atoms with Crippen LogP contribution in [-0.2, 0) is 0 Å². The summed E-state index contributed by atoms with van der Waals surface area (Å²) in [6.07, 6.45) is 5.17. The highest BCUT2D eigenvalue weighted by molar-refractivity contribution is 5.92. The number of nitrogen functional groups attached to an aromatic ring is 1. The standard InChI is InChI=1S/C16H14N4O/c17-14-10-20(9-13(14)11-4-2-1-3-5-11)15-7-6-12(8-19-15)16(18)21/h1-10H,17H2,(H2,18,21). The zero-order chi connectivity index (χ0) is 14.8. The fourth-order valence-electron chi connectivity index (χ4n) is 2.15. The van der Waals surface area contributed by atoms with Crippen LogP contribution in [0.1, 0.15) is 10.4 Å². The van der Waals surface area contributed by atoms with E-state index in [1.165, 1.54) is 6.20 Å². The molecular weight excluding hydrogens is 264 g/mol. The summed E-state index contributed by atoms with van der Waals surface area (Å²) < 4.78 is 1.82. The van der Waals surface area contributed by atoms with Gasteiger partial charge in [-0.2, -0.15) is 0 Å². The van der Waals surface area contributed by atoms with Crippen molar-refractivity contribution in [2.45, 2.75) is 0 Å². The molecule has 5 heteroatoms. The molecule has 3 rings (SSSR count). The van der Waals surface area contributed by atoms with E-state index in [0.29, 0.717) is 17.1 Å². The van der Waals surface area contributed by atoms with Gasteiger partial charge in [0.15, 0.2) is 0 Å². The number of benzene rings is 1. The number of aromatic nitrogens is 2. The molecule has 0 unspecified atom stereocenters. The molecule has 0 fully saturated rings. The van der Waals surface area contributed by atoms with Crippen molar-refractivity contribution >= 4 is 11.6 Å². The molecule has 0 saturated heterocycles. The van der Waals surface area contributed by atoms with Gasteiger partial charge in [-0.1, -0.05) is 30.3 Å². The fourth-order valence-corrected chi connectivity index (χ4v) is 2.15. The predicted octanol–water partition coefficient (Wildman–Crippen LogP) is 2.22. The summed E-state index contributed by atoms with van der Waals surface area (Å²) in [5.74, 6) is 0.180. The van der Waals surface area contributed by atoms with E-state index < -0.39 is 5.91 Å². The van der Waals surface area contributed by atoms with Crippen molar-refractivity contribution in [2.24, 2.45) is 5.73 Å². The molecule has 21 heavy (non-hydrogen) atoms. The van der Waals surface area contributed by atoms with Crippen LogP contribution in [-0.4, -0.2) is 15.5 Å². The molecule has 1 aromatic carbocycles. The maximum atomic E-state index is 11.0. The molecule has 0 aliphatic heterocycles. The summed E-state index contributed by atoms with van der Waals surface area (Å²) in [6, 6.07) is 13.3. The first-order chi connectivity index (χ1) is 10.1. The molecule has 0 aliphatic carbocycles. The number of carbonyl (C=O) groups excluding carboxylic acids is 1. The van der Waals surface area contributed by atoms with Crippen LogP contribution in [0.5, 0.6) is 0 Å². The number of carbonyl (C=O) groups is 1. The molecule has 0 aliphatic rings. The largest absolute Gasteiger partial charge is 0.397 e. The van der Waals surface area contributed by atoms with E-state index in [2.05, 4.69) is 4.98 Å². The van der Waals surface area contributed by atoms with Gasteiger partial charge in [0.05, 0.1) is 11.3 Å². The first kappa shape index (κ1) is 12.9. The van der Waals surface area contributed by atoms with Gasteiger partial charge >= 0.3 is 0 Å². The fraction of sp³-hybridized carbons (Fsp3) is 0. The summed E-state index contributed by atoms with van der Waals surface area (Å²) in [6.45, 7) is 0. The minimum Gasteiger partial charge on any atom is -0.397 e. The van der Waals surface area contributed by atoms with Gasteiger partial charge in [0, 0.05) is 24.2 Å². The van der Waals surface area contributed by atoms with E-state index in [4.69, 9.17) is 11.5 Å². The minimum absolute atomic E-state index is 0.377. The van der Waals surface area contributed by atoms with Crippen LogP contribution in [0.3, 0.4) is 0 Å². The number of nitrogens with two attached hydrogens (primary N) is 2. The molecule has 5 nitrogen and oxygen atoms in total. The summed E-state index contributed by atoms with van der Waals surface area (Å²) in [7, 11) is 0. The van der Waals surface area contributed by atoms with E-state index in [-0.39, 0.29) is 0 Å². The van der Waals surface area contributed by atoms with E-state index in [9.17, 15) is 4.79 Å². The molecule has 0 atom stereocenters. The van der Waals surface area contributed by atoms with Gasteiger partial charge in [0.1, 0.15) is 5.82 Å². The Morgan fingerprint density at radius 2 is 1.81 bits per heavy atom. The Kier molecular flexibility index (Phi) is 3.16. The van der Waals surface area contributed by atoms with Crippen molar-refractivity contribution in [1.82, 2.24) is 9.55 Å². The van der Waals surface area contributed by atoms with Crippen molar-refractivity contribution in [1.29, 1.82) is 0 Å². The Hall–Kier alpha value is -3.08. The van der Waals surface area contributed by atoms with Crippen LogP contribution in [0.4, 0.5) is 5.69 Å². The second-order valence-electron chi connectivity index (χ2n) is 4.67. The molecule has 0 radical (unpaired) electrons. The lowest BCUT2D eigenvalue weighted by Crippen LogP contribution is -2.11. The van der Waals surface area contributed by atoms with E-state index in [1.807, 2.05) is 41.1 Å². The van der Waals surface area contributed by atoms with Crippen molar-refractivity contribution in [3.05, 3.63) is 66.6 Å². The van der Waals surface area contributed by atoms with Gasteiger partial charge in [-0.05, 0) is 17.7 Å². The zero-order valence-electron chi connectivity index (χ0n) is 11.2. The van der Waals surface area contributed by atoms with Gasteiger partial charge in [-0.25, -0.2) is 4.98 Å². The number of hydrogen-bond acceptors (Lipinski definition) is 3. The third-order valence-corrected chi connectivity index (χ3v) is 3.24. The van der Waals surface area contributed by atoms with Gasteiger partial charge in [0.2, 0.25) is 5.91 Å². The number of anilines is 1. The molecular formula is C16H14N4O. The van der Waals surface area contributed by atoms with Crippen molar-refractivity contribution in [2.75, 3.05) is 5.73 Å². The van der Waals surface area contributed by atoms with Crippen LogP contribution < -0.4 is 11.5 Å². The average Bonchev–Trinajstić information content (AvgIpc) is 2.90. The molecule has 3 aromatic rings. The number of hydrogen-bond donors (Lipinski definition) is 2. The Bertz CT molecular complexity index is 776. The first-order valence-corrected chi connectivity index (χ1v) is 6.44. The van der Waals surface area contributed by atoms with Crippen LogP contribution in [0.2, 0.25) is 0 Å². The molecule has 1 amide bonds. The number of rotatable bonds is 3. The second kappa shape index (κ2) is 5.13. The molecule has 104 valence electrons.